The molecule has 2 N–H and O–H groups in total. The minimum absolute atomic E-state index is 0.0267. The molecule has 3 aromatic rings. The van der Waals surface area contributed by atoms with Crippen molar-refractivity contribution in [2.24, 2.45) is 0 Å². The van der Waals surface area contributed by atoms with Crippen molar-refractivity contribution in [1.82, 2.24) is 0 Å². The molecule has 2 aromatic carbocycles. The first-order valence-corrected chi connectivity index (χ1v) is 6.46. The molecular formula is C17H15NO2. The van der Waals surface area contributed by atoms with E-state index in [-0.39, 0.29) is 5.43 Å². The summed E-state index contributed by atoms with van der Waals surface area (Å²) >= 11 is 0. The van der Waals surface area contributed by atoms with Crippen LogP contribution in [0.4, 0.5) is 5.69 Å². The van der Waals surface area contributed by atoms with E-state index in [9.17, 15) is 4.79 Å². The SMILES string of the molecule is Cc1ccc2c(=O)cc(-c3ccc(N)cc3)oc2c1C. The minimum Gasteiger partial charge on any atom is -0.456 e. The Labute approximate surface area is 116 Å². The van der Waals surface area contributed by atoms with Gasteiger partial charge in [0.2, 0.25) is 0 Å². The van der Waals surface area contributed by atoms with Gasteiger partial charge in [0.05, 0.1) is 5.39 Å². The van der Waals surface area contributed by atoms with Crippen LogP contribution in [-0.4, -0.2) is 0 Å². The summed E-state index contributed by atoms with van der Waals surface area (Å²) in [6, 6.07) is 12.6. The van der Waals surface area contributed by atoms with Crippen LogP contribution in [0, 0.1) is 13.8 Å². The minimum atomic E-state index is -0.0267. The number of nitrogen functional groups attached to an aromatic ring is 1. The van der Waals surface area contributed by atoms with Crippen LogP contribution in [0.2, 0.25) is 0 Å². The normalized spacial score (nSPS) is 10.9. The summed E-state index contributed by atoms with van der Waals surface area (Å²) in [5.74, 6) is 0.566. The molecule has 0 spiro atoms. The monoisotopic (exact) mass is 265 g/mol. The Morgan fingerprint density at radius 1 is 1.00 bits per heavy atom. The van der Waals surface area contributed by atoms with E-state index in [1.165, 1.54) is 6.07 Å². The van der Waals surface area contributed by atoms with Crippen molar-refractivity contribution in [3.63, 3.8) is 0 Å². The van der Waals surface area contributed by atoms with E-state index in [1.807, 2.05) is 38.1 Å². The van der Waals surface area contributed by atoms with E-state index in [0.717, 1.165) is 16.7 Å². The summed E-state index contributed by atoms with van der Waals surface area (Å²) in [5, 5.41) is 0.618. The molecule has 0 unspecified atom stereocenters. The average molecular weight is 265 g/mol. The van der Waals surface area contributed by atoms with Crippen molar-refractivity contribution in [2.75, 3.05) is 5.73 Å². The highest BCUT2D eigenvalue weighted by atomic mass is 16.3. The first-order valence-electron chi connectivity index (χ1n) is 6.46. The van der Waals surface area contributed by atoms with Crippen molar-refractivity contribution < 1.29 is 4.42 Å². The van der Waals surface area contributed by atoms with Crippen molar-refractivity contribution in [1.29, 1.82) is 0 Å². The Morgan fingerprint density at radius 2 is 1.70 bits per heavy atom. The van der Waals surface area contributed by atoms with E-state index in [4.69, 9.17) is 10.2 Å². The molecule has 3 heteroatoms. The Morgan fingerprint density at radius 3 is 2.40 bits per heavy atom. The van der Waals surface area contributed by atoms with Gasteiger partial charge in [0.15, 0.2) is 5.43 Å². The third-order valence-electron chi connectivity index (χ3n) is 3.61. The van der Waals surface area contributed by atoms with Crippen LogP contribution in [0.5, 0.6) is 0 Å². The van der Waals surface area contributed by atoms with E-state index >= 15 is 0 Å². The zero-order valence-corrected chi connectivity index (χ0v) is 11.4. The Balaban J connectivity index is 2.31. The Kier molecular flexibility index (Phi) is 2.83. The van der Waals surface area contributed by atoms with Gasteiger partial charge in [-0.1, -0.05) is 6.07 Å². The molecule has 20 heavy (non-hydrogen) atoms. The molecule has 0 radical (unpaired) electrons. The highest BCUT2D eigenvalue weighted by Crippen LogP contribution is 2.26. The second kappa shape index (κ2) is 4.53. The highest BCUT2D eigenvalue weighted by Gasteiger charge is 2.10. The number of nitrogens with two attached hydrogens (primary N) is 1. The van der Waals surface area contributed by atoms with E-state index in [1.54, 1.807) is 12.1 Å². The lowest BCUT2D eigenvalue weighted by Gasteiger charge is -2.07. The smallest absolute Gasteiger partial charge is 0.193 e. The average Bonchev–Trinajstić information content (AvgIpc) is 2.44. The molecule has 0 fully saturated rings. The van der Waals surface area contributed by atoms with Gasteiger partial charge in [0, 0.05) is 17.3 Å². The molecule has 3 nitrogen and oxygen atoms in total. The molecule has 0 amide bonds. The lowest BCUT2D eigenvalue weighted by molar-refractivity contribution is 0.615. The number of rotatable bonds is 1. The van der Waals surface area contributed by atoms with Crippen LogP contribution in [-0.2, 0) is 0 Å². The van der Waals surface area contributed by atoms with Gasteiger partial charge in [-0.05, 0) is 55.3 Å². The summed E-state index contributed by atoms with van der Waals surface area (Å²) in [5.41, 5.74) is 9.94. The quantitative estimate of drug-likeness (QED) is 0.683. The lowest BCUT2D eigenvalue weighted by atomic mass is 10.1. The number of anilines is 1. The van der Waals surface area contributed by atoms with Gasteiger partial charge in [0.1, 0.15) is 11.3 Å². The largest absolute Gasteiger partial charge is 0.456 e. The van der Waals surface area contributed by atoms with Gasteiger partial charge in [-0.25, -0.2) is 0 Å². The number of benzene rings is 2. The zero-order valence-electron chi connectivity index (χ0n) is 11.4. The predicted octanol–water partition coefficient (Wildman–Crippen LogP) is 3.66. The number of aryl methyl sites for hydroxylation is 2. The molecule has 0 atom stereocenters. The van der Waals surface area contributed by atoms with Gasteiger partial charge >= 0.3 is 0 Å². The maximum Gasteiger partial charge on any atom is 0.193 e. The van der Waals surface area contributed by atoms with Crippen LogP contribution in [0.3, 0.4) is 0 Å². The van der Waals surface area contributed by atoms with Gasteiger partial charge in [-0.15, -0.1) is 0 Å². The molecule has 0 aliphatic rings. The molecule has 0 saturated carbocycles. The van der Waals surface area contributed by atoms with Gasteiger partial charge < -0.3 is 10.2 Å². The summed E-state index contributed by atoms with van der Waals surface area (Å²) < 4.78 is 5.94. The summed E-state index contributed by atoms with van der Waals surface area (Å²) in [6.45, 7) is 3.97. The molecule has 3 rings (SSSR count). The first kappa shape index (κ1) is 12.5. The molecule has 1 aromatic heterocycles. The predicted molar refractivity (Wildman–Crippen MR) is 81.8 cm³/mol. The third kappa shape index (κ3) is 1.97. The molecule has 0 saturated heterocycles. The van der Waals surface area contributed by atoms with Crippen LogP contribution < -0.4 is 11.2 Å². The molecule has 100 valence electrons. The fraction of sp³-hybridized carbons (Fsp3) is 0.118. The second-order valence-corrected chi connectivity index (χ2v) is 4.98. The number of hydrogen-bond acceptors (Lipinski definition) is 3. The topological polar surface area (TPSA) is 56.2 Å². The van der Waals surface area contributed by atoms with Crippen LogP contribution in [0.25, 0.3) is 22.3 Å². The van der Waals surface area contributed by atoms with Gasteiger partial charge in [-0.3, -0.25) is 4.79 Å². The molecule has 1 heterocycles. The number of hydrogen-bond donors (Lipinski definition) is 1. The lowest BCUT2D eigenvalue weighted by Crippen LogP contribution is -2.02. The second-order valence-electron chi connectivity index (χ2n) is 4.98. The van der Waals surface area contributed by atoms with Gasteiger partial charge in [-0.2, -0.15) is 0 Å². The van der Waals surface area contributed by atoms with Crippen molar-refractivity contribution in [3.05, 3.63) is 63.8 Å². The zero-order chi connectivity index (χ0) is 14.3. The third-order valence-corrected chi connectivity index (χ3v) is 3.61. The van der Waals surface area contributed by atoms with Crippen molar-refractivity contribution in [2.45, 2.75) is 13.8 Å². The maximum atomic E-state index is 12.2. The van der Waals surface area contributed by atoms with Crippen molar-refractivity contribution >= 4 is 16.7 Å². The van der Waals surface area contributed by atoms with Crippen LogP contribution >= 0.6 is 0 Å². The first-order chi connectivity index (χ1) is 9.56. The molecule has 0 aliphatic carbocycles. The molecule has 0 aliphatic heterocycles. The number of fused-ring (bicyclic) bond motifs is 1. The van der Waals surface area contributed by atoms with Crippen LogP contribution in [0.15, 0.2) is 51.7 Å². The van der Waals surface area contributed by atoms with E-state index < -0.39 is 0 Å². The fourth-order valence-corrected chi connectivity index (χ4v) is 2.24. The fourth-order valence-electron chi connectivity index (χ4n) is 2.24. The van der Waals surface area contributed by atoms with E-state index in [0.29, 0.717) is 22.4 Å². The van der Waals surface area contributed by atoms with Crippen molar-refractivity contribution in [3.8, 4) is 11.3 Å². The standard InChI is InChI=1S/C17H15NO2/c1-10-3-8-14-15(19)9-16(20-17(14)11(10)2)12-4-6-13(18)7-5-12/h3-9H,18H2,1-2H3. The molecule has 0 bridgehead atoms. The summed E-state index contributed by atoms with van der Waals surface area (Å²) in [4.78, 5) is 12.2. The van der Waals surface area contributed by atoms with Crippen LogP contribution in [0.1, 0.15) is 11.1 Å². The highest BCUT2D eigenvalue weighted by molar-refractivity contribution is 5.82. The summed E-state index contributed by atoms with van der Waals surface area (Å²) in [7, 11) is 0. The van der Waals surface area contributed by atoms with E-state index in [2.05, 4.69) is 0 Å². The Hall–Kier alpha value is -2.55. The maximum absolute atomic E-state index is 12.2. The Bertz CT molecular complexity index is 845. The summed E-state index contributed by atoms with van der Waals surface area (Å²) in [6.07, 6.45) is 0. The molecular weight excluding hydrogens is 250 g/mol. The van der Waals surface area contributed by atoms with Gasteiger partial charge in [0.25, 0.3) is 0 Å².